The van der Waals surface area contributed by atoms with Crippen LogP contribution in [0.2, 0.25) is 0 Å². The van der Waals surface area contributed by atoms with E-state index in [4.69, 9.17) is 0 Å². The van der Waals surface area contributed by atoms with Crippen molar-refractivity contribution in [1.82, 2.24) is 0 Å². The van der Waals surface area contributed by atoms with Crippen LogP contribution in [0.15, 0.2) is 24.3 Å². The molecule has 1 unspecified atom stereocenters. The molecule has 0 N–H and O–H groups in total. The molecule has 1 aliphatic carbocycles. The van der Waals surface area contributed by atoms with Gasteiger partial charge < -0.3 is 0 Å². The number of carbonyl (C=O) groups excluding carboxylic acids is 1. The van der Waals surface area contributed by atoms with Crippen LogP contribution in [-0.2, 0) is 16.3 Å². The maximum absolute atomic E-state index is 10.4. The average Bonchev–Trinajstić information content (AvgIpc) is 2.26. The molecule has 2 rings (SSSR count). The largest absolute Gasteiger partial charge is 0.355 e. The molecule has 0 aromatic heterocycles. The molecule has 15 heavy (non-hydrogen) atoms. The highest BCUT2D eigenvalue weighted by molar-refractivity contribution is 5.66. The second-order valence-electron chi connectivity index (χ2n) is 4.20. The molecule has 79 valence electrons. The summed E-state index contributed by atoms with van der Waals surface area (Å²) in [6.45, 7) is 0. The van der Waals surface area contributed by atoms with Gasteiger partial charge in [-0.3, -0.25) is 0 Å². The van der Waals surface area contributed by atoms with Crippen LogP contribution in [0.25, 0.3) is 0 Å². The van der Waals surface area contributed by atoms with E-state index in [-0.39, 0.29) is 6.42 Å². The monoisotopic (exact) mass is 203 g/mol. The van der Waals surface area contributed by atoms with Gasteiger partial charge in [-0.2, -0.15) is 0 Å². The second-order valence-corrected chi connectivity index (χ2v) is 4.20. The van der Waals surface area contributed by atoms with Gasteiger partial charge in [0.05, 0.1) is 6.42 Å². The van der Waals surface area contributed by atoms with E-state index < -0.39 is 5.97 Å². The summed E-state index contributed by atoms with van der Waals surface area (Å²) in [5.41, 5.74) is 2.75. The summed E-state index contributed by atoms with van der Waals surface area (Å²) in [7, 11) is 0. The molecule has 1 aromatic rings. The third-order valence-corrected chi connectivity index (χ3v) is 3.19. The number of fused-ring (bicyclic) bond motifs is 1. The van der Waals surface area contributed by atoms with Crippen LogP contribution >= 0.6 is 0 Å². The topological polar surface area (TPSA) is 37.0 Å². The quantitative estimate of drug-likeness (QED) is 0.744. The Hall–Kier alpha value is -1.31. The van der Waals surface area contributed by atoms with Crippen molar-refractivity contribution in [2.24, 2.45) is 0 Å². The Bertz CT molecular complexity index is 357. The number of aryl methyl sites for hydroxylation is 1. The van der Waals surface area contributed by atoms with Crippen molar-refractivity contribution in [1.29, 1.82) is 0 Å². The van der Waals surface area contributed by atoms with Crippen molar-refractivity contribution < 1.29 is 9.90 Å². The first-order valence-electron chi connectivity index (χ1n) is 5.55. The summed E-state index contributed by atoms with van der Waals surface area (Å²) in [6, 6.07) is 8.38. The van der Waals surface area contributed by atoms with Gasteiger partial charge in [-0.1, -0.05) is 24.3 Å². The second kappa shape index (κ2) is 4.47. The van der Waals surface area contributed by atoms with Gasteiger partial charge >= 0.3 is 5.97 Å². The minimum atomic E-state index is -0.932. The van der Waals surface area contributed by atoms with Gasteiger partial charge in [0.1, 0.15) is 0 Å². The molecular formula is C13H15O2. The molecule has 0 saturated heterocycles. The van der Waals surface area contributed by atoms with E-state index in [1.807, 2.05) is 6.07 Å². The summed E-state index contributed by atoms with van der Waals surface area (Å²) in [5.74, 6) is -0.508. The van der Waals surface area contributed by atoms with Gasteiger partial charge in [0.15, 0.2) is 0 Å². The van der Waals surface area contributed by atoms with E-state index in [2.05, 4.69) is 18.2 Å². The minimum Gasteiger partial charge on any atom is -0.247 e. The van der Waals surface area contributed by atoms with Crippen molar-refractivity contribution in [2.75, 3.05) is 0 Å². The Labute approximate surface area is 89.9 Å². The van der Waals surface area contributed by atoms with E-state index in [0.29, 0.717) is 5.92 Å². The van der Waals surface area contributed by atoms with Crippen LogP contribution in [0, 0.1) is 0 Å². The zero-order valence-corrected chi connectivity index (χ0v) is 8.74. The first-order valence-corrected chi connectivity index (χ1v) is 5.55. The molecule has 2 heteroatoms. The van der Waals surface area contributed by atoms with Crippen LogP contribution < -0.4 is 0 Å². The van der Waals surface area contributed by atoms with E-state index in [1.54, 1.807) is 0 Å². The zero-order valence-electron chi connectivity index (χ0n) is 8.74. The maximum atomic E-state index is 10.4. The SMILES string of the molecule is [O]C(=O)CCC1CCCc2ccccc21. The van der Waals surface area contributed by atoms with Crippen LogP contribution in [0.3, 0.4) is 0 Å². The molecule has 0 spiro atoms. The molecule has 0 aliphatic heterocycles. The molecular weight excluding hydrogens is 188 g/mol. The lowest BCUT2D eigenvalue weighted by molar-refractivity contribution is -0.143. The molecule has 0 heterocycles. The summed E-state index contributed by atoms with van der Waals surface area (Å²) >= 11 is 0. The van der Waals surface area contributed by atoms with E-state index in [1.165, 1.54) is 17.5 Å². The number of benzene rings is 1. The third-order valence-electron chi connectivity index (χ3n) is 3.19. The number of hydrogen-bond donors (Lipinski definition) is 0. The standard InChI is InChI=1S/C13H15O2/c14-13(15)9-8-11-6-3-5-10-4-1-2-7-12(10)11/h1-2,4,7,11H,3,5-6,8-9H2. The first-order chi connectivity index (χ1) is 7.27. The third kappa shape index (κ3) is 2.38. The number of hydrogen-bond acceptors (Lipinski definition) is 1. The molecule has 0 bridgehead atoms. The Morgan fingerprint density at radius 2 is 2.13 bits per heavy atom. The molecule has 0 fully saturated rings. The fraction of sp³-hybridized carbons (Fsp3) is 0.462. The van der Waals surface area contributed by atoms with Crippen molar-refractivity contribution >= 4 is 5.97 Å². The summed E-state index contributed by atoms with van der Waals surface area (Å²) in [4.78, 5) is 10.4. The Kier molecular flexibility index (Phi) is 3.05. The van der Waals surface area contributed by atoms with Crippen LogP contribution in [0.4, 0.5) is 0 Å². The lowest BCUT2D eigenvalue weighted by Gasteiger charge is -2.24. The molecule has 2 nitrogen and oxygen atoms in total. The predicted molar refractivity (Wildman–Crippen MR) is 57.0 cm³/mol. The van der Waals surface area contributed by atoms with E-state index in [0.717, 1.165) is 19.3 Å². The first kappa shape index (κ1) is 10.2. The highest BCUT2D eigenvalue weighted by atomic mass is 16.4. The van der Waals surface area contributed by atoms with E-state index in [9.17, 15) is 9.90 Å². The molecule has 0 amide bonds. The van der Waals surface area contributed by atoms with Gasteiger partial charge in [0, 0.05) is 0 Å². The Morgan fingerprint density at radius 3 is 2.93 bits per heavy atom. The van der Waals surface area contributed by atoms with Crippen molar-refractivity contribution in [3.8, 4) is 0 Å². The van der Waals surface area contributed by atoms with Gasteiger partial charge in [0.2, 0.25) is 0 Å². The minimum absolute atomic E-state index is 0.180. The molecule has 0 saturated carbocycles. The summed E-state index contributed by atoms with van der Waals surface area (Å²) in [6.07, 6.45) is 4.33. The van der Waals surface area contributed by atoms with E-state index >= 15 is 0 Å². The smallest absolute Gasteiger partial charge is 0.247 e. The lowest BCUT2D eigenvalue weighted by atomic mass is 9.80. The van der Waals surface area contributed by atoms with Gasteiger partial charge in [-0.25, -0.2) is 9.90 Å². The van der Waals surface area contributed by atoms with Crippen LogP contribution in [0.5, 0.6) is 0 Å². The van der Waals surface area contributed by atoms with Crippen molar-refractivity contribution in [3.63, 3.8) is 0 Å². The molecule has 1 aromatic carbocycles. The number of carbonyl (C=O) groups is 1. The fourth-order valence-electron chi connectivity index (χ4n) is 2.45. The Morgan fingerprint density at radius 1 is 1.33 bits per heavy atom. The van der Waals surface area contributed by atoms with Crippen molar-refractivity contribution in [2.45, 2.75) is 38.0 Å². The molecule has 1 aliphatic rings. The summed E-state index contributed by atoms with van der Waals surface area (Å²) < 4.78 is 0. The predicted octanol–water partition coefficient (Wildman–Crippen LogP) is 2.84. The van der Waals surface area contributed by atoms with Crippen molar-refractivity contribution in [3.05, 3.63) is 35.4 Å². The average molecular weight is 203 g/mol. The lowest BCUT2D eigenvalue weighted by Crippen LogP contribution is -2.10. The van der Waals surface area contributed by atoms with Gasteiger partial charge in [0.25, 0.3) is 0 Å². The number of rotatable bonds is 3. The zero-order chi connectivity index (χ0) is 10.7. The molecule has 1 atom stereocenters. The fourth-order valence-corrected chi connectivity index (χ4v) is 2.45. The highest BCUT2D eigenvalue weighted by Crippen LogP contribution is 2.34. The van der Waals surface area contributed by atoms with Gasteiger partial charge in [-0.15, -0.1) is 0 Å². The van der Waals surface area contributed by atoms with Crippen LogP contribution in [0.1, 0.15) is 42.7 Å². The normalized spacial score (nSPS) is 19.6. The van der Waals surface area contributed by atoms with Crippen LogP contribution in [-0.4, -0.2) is 5.97 Å². The molecule has 1 radical (unpaired) electrons. The Balaban J connectivity index is 2.11. The maximum Gasteiger partial charge on any atom is 0.355 e. The van der Waals surface area contributed by atoms with Gasteiger partial charge in [-0.05, 0) is 42.7 Å². The highest BCUT2D eigenvalue weighted by Gasteiger charge is 2.20. The summed E-state index contributed by atoms with van der Waals surface area (Å²) in [5, 5.41) is 10.4.